The largest absolute Gasteiger partial charge is 0.496 e. The molecule has 1 unspecified atom stereocenters. The van der Waals surface area contributed by atoms with Crippen LogP contribution in [0.5, 0.6) is 5.75 Å². The van der Waals surface area contributed by atoms with Crippen LogP contribution in [0.3, 0.4) is 0 Å². The first-order valence-electron chi connectivity index (χ1n) is 7.21. The van der Waals surface area contributed by atoms with E-state index in [1.165, 1.54) is 17.7 Å². The zero-order valence-corrected chi connectivity index (χ0v) is 11.6. The number of nitrogens with zero attached hydrogens (tertiary/aromatic N) is 2. The third-order valence-electron chi connectivity index (χ3n) is 4.25. The normalized spacial score (nSPS) is 24.6. The highest BCUT2D eigenvalue weighted by molar-refractivity contribution is 5.38. The zero-order valence-electron chi connectivity index (χ0n) is 11.6. The SMILES string of the molecule is COc1ccnc2c1CC(N1CCCOCC1)CC2. The molecular formula is C15H22N2O2. The minimum absolute atomic E-state index is 0.618. The van der Waals surface area contributed by atoms with Gasteiger partial charge in [0.2, 0.25) is 0 Å². The molecular weight excluding hydrogens is 240 g/mol. The average molecular weight is 262 g/mol. The molecule has 4 nitrogen and oxygen atoms in total. The predicted octanol–water partition coefficient (Wildman–Crippen LogP) is 1.67. The fraction of sp³-hybridized carbons (Fsp3) is 0.667. The van der Waals surface area contributed by atoms with Gasteiger partial charge in [-0.1, -0.05) is 0 Å². The lowest BCUT2D eigenvalue weighted by atomic mass is 9.90. The molecule has 4 heteroatoms. The van der Waals surface area contributed by atoms with Gasteiger partial charge >= 0.3 is 0 Å². The Morgan fingerprint density at radius 1 is 1.37 bits per heavy atom. The number of ether oxygens (including phenoxy) is 2. The van der Waals surface area contributed by atoms with Crippen molar-refractivity contribution in [2.45, 2.75) is 31.7 Å². The van der Waals surface area contributed by atoms with Crippen molar-refractivity contribution in [3.05, 3.63) is 23.5 Å². The third kappa shape index (κ3) is 2.74. The van der Waals surface area contributed by atoms with Crippen molar-refractivity contribution >= 4 is 0 Å². The van der Waals surface area contributed by atoms with Gasteiger partial charge in [-0.3, -0.25) is 9.88 Å². The molecule has 0 amide bonds. The van der Waals surface area contributed by atoms with Gasteiger partial charge in [0.15, 0.2) is 0 Å². The van der Waals surface area contributed by atoms with Crippen LogP contribution >= 0.6 is 0 Å². The number of aryl methyl sites for hydroxylation is 1. The highest BCUT2D eigenvalue weighted by Gasteiger charge is 2.27. The maximum atomic E-state index is 5.55. The van der Waals surface area contributed by atoms with Crippen LogP contribution in [-0.4, -0.2) is 49.3 Å². The van der Waals surface area contributed by atoms with E-state index in [4.69, 9.17) is 9.47 Å². The highest BCUT2D eigenvalue weighted by atomic mass is 16.5. The molecule has 1 saturated heterocycles. The van der Waals surface area contributed by atoms with Gasteiger partial charge in [0.1, 0.15) is 5.75 Å². The van der Waals surface area contributed by atoms with Crippen LogP contribution in [0.15, 0.2) is 12.3 Å². The van der Waals surface area contributed by atoms with Gasteiger partial charge in [-0.15, -0.1) is 0 Å². The van der Waals surface area contributed by atoms with Crippen LogP contribution in [0.4, 0.5) is 0 Å². The molecule has 0 saturated carbocycles. The molecule has 1 atom stereocenters. The number of hydrogen-bond acceptors (Lipinski definition) is 4. The molecule has 3 rings (SSSR count). The summed E-state index contributed by atoms with van der Waals surface area (Å²) in [6.07, 6.45) is 6.33. The number of fused-ring (bicyclic) bond motifs is 1. The fourth-order valence-electron chi connectivity index (χ4n) is 3.22. The van der Waals surface area contributed by atoms with Crippen molar-refractivity contribution in [1.82, 2.24) is 9.88 Å². The average Bonchev–Trinajstić information content (AvgIpc) is 2.75. The van der Waals surface area contributed by atoms with Crippen LogP contribution in [0.2, 0.25) is 0 Å². The molecule has 1 aromatic rings. The van der Waals surface area contributed by atoms with E-state index in [1.54, 1.807) is 7.11 Å². The Morgan fingerprint density at radius 2 is 2.32 bits per heavy atom. The Labute approximate surface area is 114 Å². The van der Waals surface area contributed by atoms with Gasteiger partial charge in [-0.2, -0.15) is 0 Å². The lowest BCUT2D eigenvalue weighted by Crippen LogP contribution is -2.41. The molecule has 0 radical (unpaired) electrons. The zero-order chi connectivity index (χ0) is 13.1. The third-order valence-corrected chi connectivity index (χ3v) is 4.25. The summed E-state index contributed by atoms with van der Waals surface area (Å²) in [5.41, 5.74) is 2.54. The van der Waals surface area contributed by atoms with Gasteiger partial charge in [-0.25, -0.2) is 0 Å². The standard InChI is InChI=1S/C15H22N2O2/c1-18-15-5-6-16-14-4-3-12(11-13(14)15)17-7-2-9-19-10-8-17/h5-6,12H,2-4,7-11H2,1H3. The van der Waals surface area contributed by atoms with E-state index in [0.29, 0.717) is 6.04 Å². The molecule has 2 aliphatic rings. The molecule has 0 spiro atoms. The quantitative estimate of drug-likeness (QED) is 0.812. The number of rotatable bonds is 2. The molecule has 2 heterocycles. The lowest BCUT2D eigenvalue weighted by Gasteiger charge is -2.34. The fourth-order valence-corrected chi connectivity index (χ4v) is 3.22. The van der Waals surface area contributed by atoms with Crippen LogP contribution in [0, 0.1) is 0 Å². The summed E-state index contributed by atoms with van der Waals surface area (Å²) in [4.78, 5) is 7.09. The summed E-state index contributed by atoms with van der Waals surface area (Å²) in [7, 11) is 1.75. The van der Waals surface area contributed by atoms with Crippen molar-refractivity contribution in [2.75, 3.05) is 33.4 Å². The van der Waals surface area contributed by atoms with Crippen molar-refractivity contribution in [3.63, 3.8) is 0 Å². The topological polar surface area (TPSA) is 34.6 Å². The van der Waals surface area contributed by atoms with E-state index < -0.39 is 0 Å². The molecule has 19 heavy (non-hydrogen) atoms. The van der Waals surface area contributed by atoms with Crippen molar-refractivity contribution in [1.29, 1.82) is 0 Å². The first kappa shape index (κ1) is 12.9. The molecule has 0 bridgehead atoms. The van der Waals surface area contributed by atoms with Gasteiger partial charge in [0.25, 0.3) is 0 Å². The van der Waals surface area contributed by atoms with E-state index in [9.17, 15) is 0 Å². The second-order valence-corrected chi connectivity index (χ2v) is 5.34. The number of hydrogen-bond donors (Lipinski definition) is 0. The second kappa shape index (κ2) is 5.88. The monoisotopic (exact) mass is 262 g/mol. The van der Waals surface area contributed by atoms with E-state index in [2.05, 4.69) is 9.88 Å². The lowest BCUT2D eigenvalue weighted by molar-refractivity contribution is 0.127. The van der Waals surface area contributed by atoms with Crippen LogP contribution in [-0.2, 0) is 17.6 Å². The van der Waals surface area contributed by atoms with E-state index >= 15 is 0 Å². The Bertz CT molecular complexity index is 414. The van der Waals surface area contributed by atoms with Gasteiger partial charge < -0.3 is 9.47 Å². The van der Waals surface area contributed by atoms with Crippen molar-refractivity contribution in [3.8, 4) is 5.75 Å². The molecule has 1 aromatic heterocycles. The molecule has 1 fully saturated rings. The smallest absolute Gasteiger partial charge is 0.125 e. The Hall–Kier alpha value is -1.13. The maximum Gasteiger partial charge on any atom is 0.125 e. The van der Waals surface area contributed by atoms with Crippen LogP contribution in [0.1, 0.15) is 24.1 Å². The highest BCUT2D eigenvalue weighted by Crippen LogP contribution is 2.30. The van der Waals surface area contributed by atoms with Crippen molar-refractivity contribution < 1.29 is 9.47 Å². The van der Waals surface area contributed by atoms with Crippen molar-refractivity contribution in [2.24, 2.45) is 0 Å². The summed E-state index contributed by atoms with van der Waals surface area (Å²) < 4.78 is 11.0. The minimum atomic E-state index is 0.618. The molecule has 1 aliphatic heterocycles. The van der Waals surface area contributed by atoms with Gasteiger partial charge in [-0.05, 0) is 31.7 Å². The van der Waals surface area contributed by atoms with E-state index in [-0.39, 0.29) is 0 Å². The van der Waals surface area contributed by atoms with Gasteiger partial charge in [0.05, 0.1) is 13.7 Å². The summed E-state index contributed by atoms with van der Waals surface area (Å²) in [5.74, 6) is 1.00. The number of pyridine rings is 1. The minimum Gasteiger partial charge on any atom is -0.496 e. The Kier molecular flexibility index (Phi) is 3.99. The Balaban J connectivity index is 1.77. The number of aromatic nitrogens is 1. The number of methoxy groups -OCH3 is 1. The molecule has 104 valence electrons. The first-order valence-corrected chi connectivity index (χ1v) is 7.21. The van der Waals surface area contributed by atoms with Crippen LogP contribution in [0.25, 0.3) is 0 Å². The molecule has 1 aliphatic carbocycles. The first-order chi connectivity index (χ1) is 9.38. The Morgan fingerprint density at radius 3 is 3.21 bits per heavy atom. The van der Waals surface area contributed by atoms with Crippen LogP contribution < -0.4 is 4.74 Å². The van der Waals surface area contributed by atoms with Gasteiger partial charge in [0, 0.05) is 43.2 Å². The summed E-state index contributed by atoms with van der Waals surface area (Å²) in [6, 6.07) is 2.60. The summed E-state index contributed by atoms with van der Waals surface area (Å²) >= 11 is 0. The second-order valence-electron chi connectivity index (χ2n) is 5.34. The predicted molar refractivity (Wildman–Crippen MR) is 73.6 cm³/mol. The summed E-state index contributed by atoms with van der Waals surface area (Å²) in [6.45, 7) is 3.99. The molecule has 0 aromatic carbocycles. The summed E-state index contributed by atoms with van der Waals surface area (Å²) in [5, 5.41) is 0. The van der Waals surface area contributed by atoms with E-state index in [1.807, 2.05) is 12.3 Å². The molecule has 0 N–H and O–H groups in total. The van der Waals surface area contributed by atoms with E-state index in [0.717, 1.165) is 51.3 Å². The maximum absolute atomic E-state index is 5.55.